The van der Waals surface area contributed by atoms with E-state index in [1.165, 1.54) is 12.1 Å². The molecule has 9 heteroatoms. The maximum absolute atomic E-state index is 13.0. The standard InChI is InChI=1S/C20H11Br4F3O2/c21-13-5-10(6-14(22)18(13)28)17(11-7-15(23)19(29)16(24)8-11)9-1-3-12(4-2-9)20(25,26)27/h1-8,17,28-29H. The van der Waals surface area contributed by atoms with Gasteiger partial charge in [-0.2, -0.15) is 13.2 Å². The van der Waals surface area contributed by atoms with Gasteiger partial charge in [0.1, 0.15) is 11.5 Å². The van der Waals surface area contributed by atoms with Gasteiger partial charge >= 0.3 is 6.18 Å². The summed E-state index contributed by atoms with van der Waals surface area (Å²) in [7, 11) is 0. The number of rotatable bonds is 3. The molecule has 0 aliphatic heterocycles. The number of phenols is 2. The lowest BCUT2D eigenvalue weighted by Gasteiger charge is -2.21. The fourth-order valence-electron chi connectivity index (χ4n) is 2.95. The number of halogens is 7. The first-order valence-corrected chi connectivity index (χ1v) is 11.2. The molecule has 0 spiro atoms. The summed E-state index contributed by atoms with van der Waals surface area (Å²) < 4.78 is 40.7. The van der Waals surface area contributed by atoms with Crippen molar-refractivity contribution in [3.63, 3.8) is 0 Å². The zero-order valence-corrected chi connectivity index (χ0v) is 20.6. The fourth-order valence-corrected chi connectivity index (χ4v) is 5.39. The van der Waals surface area contributed by atoms with Gasteiger partial charge in [0, 0.05) is 5.92 Å². The molecular weight excluding hydrogens is 649 g/mol. The Bertz CT molecular complexity index is 963. The van der Waals surface area contributed by atoms with Crippen molar-refractivity contribution >= 4 is 63.7 Å². The first-order chi connectivity index (χ1) is 13.5. The molecule has 0 heterocycles. The third kappa shape index (κ3) is 4.84. The van der Waals surface area contributed by atoms with E-state index in [9.17, 15) is 23.4 Å². The number of aromatic hydroxyl groups is 2. The Hall–Kier alpha value is -1.03. The van der Waals surface area contributed by atoms with Crippen LogP contribution in [0.15, 0.2) is 66.4 Å². The molecule has 3 aromatic carbocycles. The lowest BCUT2D eigenvalue weighted by Crippen LogP contribution is -2.07. The predicted molar refractivity (Wildman–Crippen MR) is 119 cm³/mol. The lowest BCUT2D eigenvalue weighted by atomic mass is 9.85. The topological polar surface area (TPSA) is 40.5 Å². The van der Waals surface area contributed by atoms with E-state index in [1.807, 2.05) is 0 Å². The molecular formula is C20H11Br4F3O2. The van der Waals surface area contributed by atoms with Crippen LogP contribution in [0.4, 0.5) is 13.2 Å². The van der Waals surface area contributed by atoms with E-state index in [1.54, 1.807) is 24.3 Å². The lowest BCUT2D eigenvalue weighted by molar-refractivity contribution is -0.137. The Morgan fingerprint density at radius 1 is 0.621 bits per heavy atom. The van der Waals surface area contributed by atoms with Crippen molar-refractivity contribution in [3.8, 4) is 11.5 Å². The second-order valence-electron chi connectivity index (χ2n) is 6.22. The van der Waals surface area contributed by atoms with E-state index >= 15 is 0 Å². The summed E-state index contributed by atoms with van der Waals surface area (Å²) in [4.78, 5) is 0. The molecule has 152 valence electrons. The average Bonchev–Trinajstić information content (AvgIpc) is 2.64. The molecule has 0 bridgehead atoms. The number of alkyl halides is 3. The highest BCUT2D eigenvalue weighted by Gasteiger charge is 2.30. The van der Waals surface area contributed by atoms with Crippen molar-refractivity contribution in [1.82, 2.24) is 0 Å². The zero-order chi connectivity index (χ0) is 21.5. The smallest absolute Gasteiger partial charge is 0.416 e. The summed E-state index contributed by atoms with van der Waals surface area (Å²) in [5, 5.41) is 20.1. The predicted octanol–water partition coefficient (Wildman–Crippen LogP) is 8.35. The van der Waals surface area contributed by atoms with Crippen LogP contribution in [0, 0.1) is 0 Å². The minimum absolute atomic E-state index is 0.0213. The summed E-state index contributed by atoms with van der Waals surface area (Å²) in [6, 6.07) is 11.8. The normalized spacial score (nSPS) is 11.9. The van der Waals surface area contributed by atoms with Gasteiger partial charge in [0.15, 0.2) is 0 Å². The molecule has 0 saturated heterocycles. The third-order valence-corrected chi connectivity index (χ3v) is 6.73. The molecule has 2 N–H and O–H groups in total. The summed E-state index contributed by atoms with van der Waals surface area (Å²) in [6.07, 6.45) is -4.43. The van der Waals surface area contributed by atoms with Crippen LogP contribution in [-0.2, 0) is 6.18 Å². The zero-order valence-electron chi connectivity index (χ0n) is 14.2. The molecule has 0 atom stereocenters. The maximum atomic E-state index is 13.0. The number of hydrogen-bond acceptors (Lipinski definition) is 2. The Morgan fingerprint density at radius 2 is 0.966 bits per heavy atom. The molecule has 0 amide bonds. The van der Waals surface area contributed by atoms with E-state index in [0.29, 0.717) is 23.5 Å². The van der Waals surface area contributed by atoms with Gasteiger partial charge in [-0.05, 0) is 117 Å². The molecule has 0 aromatic heterocycles. The largest absolute Gasteiger partial charge is 0.506 e. The molecule has 3 rings (SSSR count). The highest BCUT2D eigenvalue weighted by atomic mass is 79.9. The summed E-state index contributed by atoms with van der Waals surface area (Å²) in [5.74, 6) is -0.417. The molecule has 3 aromatic rings. The van der Waals surface area contributed by atoms with Crippen molar-refractivity contribution in [2.45, 2.75) is 12.1 Å². The van der Waals surface area contributed by atoms with E-state index in [2.05, 4.69) is 63.7 Å². The molecule has 0 aliphatic carbocycles. The van der Waals surface area contributed by atoms with Crippen LogP contribution in [-0.4, -0.2) is 10.2 Å². The molecule has 29 heavy (non-hydrogen) atoms. The maximum Gasteiger partial charge on any atom is 0.416 e. The second-order valence-corrected chi connectivity index (χ2v) is 9.64. The Kier molecular flexibility index (Phi) is 6.72. The van der Waals surface area contributed by atoms with Gasteiger partial charge in [0.2, 0.25) is 0 Å². The van der Waals surface area contributed by atoms with Gasteiger partial charge in [-0.25, -0.2) is 0 Å². The SMILES string of the molecule is Oc1c(Br)cc(C(c2ccc(C(F)(F)F)cc2)c2cc(Br)c(O)c(Br)c2)cc1Br. The fraction of sp³-hybridized carbons (Fsp3) is 0.100. The van der Waals surface area contributed by atoms with E-state index in [0.717, 1.165) is 23.3 Å². The van der Waals surface area contributed by atoms with Gasteiger partial charge in [0.05, 0.1) is 23.5 Å². The summed E-state index contributed by atoms with van der Waals surface area (Å²) >= 11 is 13.2. The van der Waals surface area contributed by atoms with Gasteiger partial charge < -0.3 is 10.2 Å². The minimum Gasteiger partial charge on any atom is -0.506 e. The van der Waals surface area contributed by atoms with Crippen LogP contribution in [0.1, 0.15) is 28.2 Å². The van der Waals surface area contributed by atoms with Crippen LogP contribution >= 0.6 is 63.7 Å². The monoisotopic (exact) mass is 656 g/mol. The van der Waals surface area contributed by atoms with Gasteiger partial charge in [-0.15, -0.1) is 0 Å². The first-order valence-electron chi connectivity index (χ1n) is 8.02. The van der Waals surface area contributed by atoms with Crippen LogP contribution in [0.2, 0.25) is 0 Å². The number of benzene rings is 3. The van der Waals surface area contributed by atoms with Crippen molar-refractivity contribution in [2.24, 2.45) is 0 Å². The van der Waals surface area contributed by atoms with Crippen molar-refractivity contribution in [3.05, 3.63) is 88.7 Å². The van der Waals surface area contributed by atoms with E-state index < -0.39 is 17.7 Å². The van der Waals surface area contributed by atoms with Gasteiger partial charge in [0.25, 0.3) is 0 Å². The highest BCUT2D eigenvalue weighted by molar-refractivity contribution is 9.11. The second kappa shape index (κ2) is 8.61. The first kappa shape index (κ1) is 22.7. The average molecular weight is 660 g/mol. The quantitative estimate of drug-likeness (QED) is 0.278. The minimum atomic E-state index is -4.43. The molecule has 0 unspecified atom stereocenters. The molecule has 0 fully saturated rings. The molecule has 2 nitrogen and oxygen atoms in total. The van der Waals surface area contributed by atoms with Crippen LogP contribution < -0.4 is 0 Å². The van der Waals surface area contributed by atoms with E-state index in [-0.39, 0.29) is 11.5 Å². The van der Waals surface area contributed by atoms with Crippen LogP contribution in [0.3, 0.4) is 0 Å². The van der Waals surface area contributed by atoms with Gasteiger partial charge in [-0.1, -0.05) is 12.1 Å². The molecule has 0 radical (unpaired) electrons. The van der Waals surface area contributed by atoms with Gasteiger partial charge in [-0.3, -0.25) is 0 Å². The Labute approximate surface area is 198 Å². The Balaban J connectivity index is 2.22. The third-order valence-electron chi connectivity index (χ3n) is 4.32. The van der Waals surface area contributed by atoms with Crippen LogP contribution in [0.25, 0.3) is 0 Å². The van der Waals surface area contributed by atoms with E-state index in [4.69, 9.17) is 0 Å². The number of hydrogen-bond donors (Lipinski definition) is 2. The van der Waals surface area contributed by atoms with Crippen molar-refractivity contribution in [2.75, 3.05) is 0 Å². The molecule has 0 aliphatic rings. The Morgan fingerprint density at radius 3 is 1.28 bits per heavy atom. The summed E-state index contributed by atoms with van der Waals surface area (Å²) in [6.45, 7) is 0. The molecule has 0 saturated carbocycles. The number of phenolic OH excluding ortho intramolecular Hbond substituents is 2. The highest BCUT2D eigenvalue weighted by Crippen LogP contribution is 2.43. The summed E-state index contributed by atoms with van der Waals surface area (Å²) in [5.41, 5.74) is 1.34. The van der Waals surface area contributed by atoms with Crippen LogP contribution in [0.5, 0.6) is 11.5 Å². The van der Waals surface area contributed by atoms with Crippen molar-refractivity contribution < 1.29 is 23.4 Å². The van der Waals surface area contributed by atoms with Crippen molar-refractivity contribution in [1.29, 1.82) is 0 Å².